The molecule has 0 aliphatic carbocycles. The highest BCUT2D eigenvalue weighted by atomic mass is 19.1. The van der Waals surface area contributed by atoms with E-state index >= 15 is 0 Å². The maximum absolute atomic E-state index is 12.9. The number of halogens is 1. The Balaban J connectivity index is 2.27. The molecule has 1 rings (SSSR count). The zero-order valence-corrected chi connectivity index (χ0v) is 10.4. The van der Waals surface area contributed by atoms with Crippen molar-refractivity contribution in [2.75, 3.05) is 27.2 Å². The van der Waals surface area contributed by atoms with E-state index in [0.717, 1.165) is 31.6 Å². The normalized spacial score (nSPS) is 11.1. The van der Waals surface area contributed by atoms with Crippen LogP contribution >= 0.6 is 0 Å². The van der Waals surface area contributed by atoms with E-state index in [1.807, 2.05) is 13.0 Å². The first-order chi connectivity index (χ1) is 7.59. The molecular weight excluding hydrogens is 203 g/mol. The van der Waals surface area contributed by atoms with E-state index < -0.39 is 0 Å². The van der Waals surface area contributed by atoms with E-state index in [9.17, 15) is 4.39 Å². The minimum absolute atomic E-state index is 0.158. The van der Waals surface area contributed by atoms with E-state index in [1.54, 1.807) is 6.07 Å². The molecule has 0 aliphatic rings. The zero-order chi connectivity index (χ0) is 12.0. The minimum Gasteiger partial charge on any atom is -0.313 e. The smallest absolute Gasteiger partial charge is 0.123 e. The number of benzene rings is 1. The molecule has 0 amide bonds. The summed E-state index contributed by atoms with van der Waals surface area (Å²) in [6, 6.07) is 4.95. The highest BCUT2D eigenvalue weighted by Crippen LogP contribution is 2.09. The lowest BCUT2D eigenvalue weighted by Gasteiger charge is -2.10. The van der Waals surface area contributed by atoms with E-state index in [-0.39, 0.29) is 5.82 Å². The summed E-state index contributed by atoms with van der Waals surface area (Å²) in [5.74, 6) is -0.158. The molecule has 90 valence electrons. The molecule has 0 aliphatic heterocycles. The maximum Gasteiger partial charge on any atom is 0.123 e. The van der Waals surface area contributed by atoms with Crippen LogP contribution < -0.4 is 5.32 Å². The van der Waals surface area contributed by atoms with Crippen LogP contribution in [0.4, 0.5) is 4.39 Å². The molecule has 0 saturated carbocycles. The number of hydrogen-bond acceptors (Lipinski definition) is 2. The second-order valence-corrected chi connectivity index (χ2v) is 4.40. The predicted octanol–water partition coefficient (Wildman–Crippen LogP) is 2.18. The molecule has 1 N–H and O–H groups in total. The van der Waals surface area contributed by atoms with Crippen molar-refractivity contribution in [3.63, 3.8) is 0 Å². The van der Waals surface area contributed by atoms with Gasteiger partial charge in [-0.3, -0.25) is 0 Å². The number of hydrogen-bond donors (Lipinski definition) is 1. The second kappa shape index (κ2) is 6.61. The first-order valence-electron chi connectivity index (χ1n) is 5.70. The molecule has 3 heteroatoms. The van der Waals surface area contributed by atoms with Crippen LogP contribution in [0.2, 0.25) is 0 Å². The van der Waals surface area contributed by atoms with E-state index in [2.05, 4.69) is 24.3 Å². The van der Waals surface area contributed by atoms with Gasteiger partial charge in [-0.25, -0.2) is 4.39 Å². The first-order valence-corrected chi connectivity index (χ1v) is 5.70. The summed E-state index contributed by atoms with van der Waals surface area (Å²) in [6.07, 6.45) is 1.13. The highest BCUT2D eigenvalue weighted by Gasteiger charge is 1.99. The summed E-state index contributed by atoms with van der Waals surface area (Å²) in [5, 5.41) is 3.37. The Morgan fingerprint density at radius 2 is 2.06 bits per heavy atom. The van der Waals surface area contributed by atoms with Crippen LogP contribution in [0.15, 0.2) is 18.2 Å². The summed E-state index contributed by atoms with van der Waals surface area (Å²) in [5.41, 5.74) is 2.19. The van der Waals surface area contributed by atoms with Crippen LogP contribution in [-0.2, 0) is 6.54 Å². The molecule has 1 aromatic rings. The monoisotopic (exact) mass is 224 g/mol. The van der Waals surface area contributed by atoms with Crippen molar-refractivity contribution < 1.29 is 4.39 Å². The Hall–Kier alpha value is -0.930. The number of nitrogens with one attached hydrogen (secondary N) is 1. The van der Waals surface area contributed by atoms with Gasteiger partial charge in [0.15, 0.2) is 0 Å². The average Bonchev–Trinajstić information content (AvgIpc) is 2.20. The first kappa shape index (κ1) is 13.1. The lowest BCUT2D eigenvalue weighted by atomic mass is 10.1. The van der Waals surface area contributed by atoms with E-state index in [0.29, 0.717) is 0 Å². The van der Waals surface area contributed by atoms with Gasteiger partial charge in [0.25, 0.3) is 0 Å². The van der Waals surface area contributed by atoms with E-state index in [4.69, 9.17) is 0 Å². The second-order valence-electron chi connectivity index (χ2n) is 4.40. The van der Waals surface area contributed by atoms with Gasteiger partial charge in [-0.05, 0) is 63.8 Å². The lowest BCUT2D eigenvalue weighted by Crippen LogP contribution is -2.21. The predicted molar refractivity (Wildman–Crippen MR) is 66.0 cm³/mol. The van der Waals surface area contributed by atoms with Gasteiger partial charge in [-0.2, -0.15) is 0 Å². The molecule has 2 nitrogen and oxygen atoms in total. The summed E-state index contributed by atoms with van der Waals surface area (Å²) >= 11 is 0. The van der Waals surface area contributed by atoms with Crippen molar-refractivity contribution in [1.82, 2.24) is 10.2 Å². The van der Waals surface area contributed by atoms with Crippen LogP contribution in [0.1, 0.15) is 17.5 Å². The van der Waals surface area contributed by atoms with Gasteiger partial charge in [0.2, 0.25) is 0 Å². The Bertz CT molecular complexity index is 324. The summed E-state index contributed by atoms with van der Waals surface area (Å²) in [6.45, 7) is 4.85. The molecule has 0 atom stereocenters. The van der Waals surface area contributed by atoms with Crippen LogP contribution in [0.3, 0.4) is 0 Å². The van der Waals surface area contributed by atoms with Crippen molar-refractivity contribution in [1.29, 1.82) is 0 Å². The van der Waals surface area contributed by atoms with Crippen LogP contribution in [-0.4, -0.2) is 32.1 Å². The zero-order valence-electron chi connectivity index (χ0n) is 10.4. The van der Waals surface area contributed by atoms with Gasteiger partial charge in [0.1, 0.15) is 5.82 Å². The van der Waals surface area contributed by atoms with Crippen molar-refractivity contribution in [2.24, 2.45) is 0 Å². The van der Waals surface area contributed by atoms with Gasteiger partial charge >= 0.3 is 0 Å². The Morgan fingerprint density at radius 1 is 1.31 bits per heavy atom. The van der Waals surface area contributed by atoms with Crippen LogP contribution in [0, 0.1) is 12.7 Å². The third-order valence-corrected chi connectivity index (χ3v) is 2.58. The summed E-state index contributed by atoms with van der Waals surface area (Å²) < 4.78 is 12.9. The van der Waals surface area contributed by atoms with Crippen LogP contribution in [0.5, 0.6) is 0 Å². The fraction of sp³-hybridized carbons (Fsp3) is 0.538. The SMILES string of the molecule is Cc1cc(F)ccc1CNCCCN(C)C. The minimum atomic E-state index is -0.158. The largest absolute Gasteiger partial charge is 0.313 e. The van der Waals surface area contributed by atoms with Gasteiger partial charge in [-0.15, -0.1) is 0 Å². The molecule has 0 fully saturated rings. The third kappa shape index (κ3) is 4.73. The molecule has 0 saturated heterocycles. The molecular formula is C13H21FN2. The highest BCUT2D eigenvalue weighted by molar-refractivity contribution is 5.26. The fourth-order valence-electron chi connectivity index (χ4n) is 1.60. The average molecular weight is 224 g/mol. The molecule has 16 heavy (non-hydrogen) atoms. The summed E-state index contributed by atoms with van der Waals surface area (Å²) in [7, 11) is 4.15. The Kier molecular flexibility index (Phi) is 5.43. The van der Waals surface area contributed by atoms with Crippen molar-refractivity contribution >= 4 is 0 Å². The molecule has 0 unspecified atom stereocenters. The van der Waals surface area contributed by atoms with Gasteiger partial charge in [0.05, 0.1) is 0 Å². The Morgan fingerprint density at radius 3 is 2.69 bits per heavy atom. The number of rotatable bonds is 6. The van der Waals surface area contributed by atoms with Crippen molar-refractivity contribution in [3.05, 3.63) is 35.1 Å². The fourth-order valence-corrected chi connectivity index (χ4v) is 1.60. The summed E-state index contributed by atoms with van der Waals surface area (Å²) in [4.78, 5) is 2.17. The van der Waals surface area contributed by atoms with Crippen LogP contribution in [0.25, 0.3) is 0 Å². The standard InChI is InChI=1S/C13H21FN2/c1-11-9-13(14)6-5-12(11)10-15-7-4-8-16(2)3/h5-6,9,15H,4,7-8,10H2,1-3H3. The molecule has 0 bridgehead atoms. The van der Waals surface area contributed by atoms with Gasteiger partial charge in [-0.1, -0.05) is 6.07 Å². The molecule has 1 aromatic carbocycles. The van der Waals surface area contributed by atoms with Gasteiger partial charge in [0, 0.05) is 6.54 Å². The topological polar surface area (TPSA) is 15.3 Å². The van der Waals surface area contributed by atoms with Crippen molar-refractivity contribution in [2.45, 2.75) is 19.9 Å². The molecule has 0 aromatic heterocycles. The number of nitrogens with zero attached hydrogens (tertiary/aromatic N) is 1. The number of aryl methyl sites for hydroxylation is 1. The van der Waals surface area contributed by atoms with Crippen molar-refractivity contribution in [3.8, 4) is 0 Å². The quantitative estimate of drug-likeness (QED) is 0.745. The lowest BCUT2D eigenvalue weighted by molar-refractivity contribution is 0.394. The Labute approximate surface area is 97.5 Å². The molecule has 0 heterocycles. The molecule has 0 radical (unpaired) electrons. The maximum atomic E-state index is 12.9. The molecule has 0 spiro atoms. The van der Waals surface area contributed by atoms with E-state index in [1.165, 1.54) is 11.6 Å². The third-order valence-electron chi connectivity index (χ3n) is 2.58. The van der Waals surface area contributed by atoms with Gasteiger partial charge < -0.3 is 10.2 Å².